The minimum atomic E-state index is 0. The second-order valence-corrected chi connectivity index (χ2v) is 5.75. The van der Waals surface area contributed by atoms with Gasteiger partial charge in [-0.3, -0.25) is 0 Å². The number of rotatable bonds is 4. The normalized spacial score (nSPS) is 15.9. The van der Waals surface area contributed by atoms with E-state index in [4.69, 9.17) is 39.5 Å². The number of halogens is 4. The Hall–Kier alpha value is 0.140. The smallest absolute Gasteiger partial charge is 0.139 e. The van der Waals surface area contributed by atoms with Gasteiger partial charge in [-0.15, -0.1) is 12.4 Å². The van der Waals surface area contributed by atoms with E-state index in [0.717, 1.165) is 25.4 Å². The van der Waals surface area contributed by atoms with Gasteiger partial charge < -0.3 is 10.1 Å². The van der Waals surface area contributed by atoms with Gasteiger partial charge >= 0.3 is 0 Å². The molecule has 108 valence electrons. The summed E-state index contributed by atoms with van der Waals surface area (Å²) in [5, 5.41) is 4.78. The summed E-state index contributed by atoms with van der Waals surface area (Å²) in [4.78, 5) is 0. The molecule has 1 aromatic rings. The zero-order valence-corrected chi connectivity index (χ0v) is 13.5. The van der Waals surface area contributed by atoms with Crippen LogP contribution < -0.4 is 10.1 Å². The van der Waals surface area contributed by atoms with Gasteiger partial charge in [-0.05, 0) is 44.3 Å². The first kappa shape index (κ1) is 17.2. The molecule has 0 aromatic heterocycles. The van der Waals surface area contributed by atoms with Gasteiger partial charge in [-0.2, -0.15) is 0 Å². The summed E-state index contributed by atoms with van der Waals surface area (Å²) in [5.74, 6) is 1.35. The second kappa shape index (κ2) is 8.43. The molecule has 1 aliphatic rings. The van der Waals surface area contributed by atoms with E-state index in [2.05, 4.69) is 5.32 Å². The lowest BCUT2D eigenvalue weighted by Gasteiger charge is -2.22. The number of benzene rings is 1. The fourth-order valence-corrected chi connectivity index (χ4v) is 2.71. The minimum Gasteiger partial charge on any atom is -0.492 e. The molecule has 0 amide bonds. The van der Waals surface area contributed by atoms with Gasteiger partial charge in [0.1, 0.15) is 5.75 Å². The van der Waals surface area contributed by atoms with Crippen molar-refractivity contribution in [1.82, 2.24) is 5.32 Å². The quantitative estimate of drug-likeness (QED) is 0.789. The Morgan fingerprint density at radius 1 is 1.05 bits per heavy atom. The van der Waals surface area contributed by atoms with Gasteiger partial charge in [0.25, 0.3) is 0 Å². The van der Waals surface area contributed by atoms with Crippen molar-refractivity contribution in [3.05, 3.63) is 27.2 Å². The molecule has 0 unspecified atom stereocenters. The van der Waals surface area contributed by atoms with Crippen LogP contribution in [0.5, 0.6) is 5.75 Å². The van der Waals surface area contributed by atoms with Crippen molar-refractivity contribution in [2.75, 3.05) is 19.7 Å². The van der Waals surface area contributed by atoms with E-state index in [1.807, 2.05) is 0 Å². The topological polar surface area (TPSA) is 21.3 Å². The van der Waals surface area contributed by atoms with Gasteiger partial charge in [0.05, 0.1) is 21.7 Å². The maximum absolute atomic E-state index is 6.04. The predicted octanol–water partition coefficient (Wildman–Crippen LogP) is 4.84. The van der Waals surface area contributed by atoms with E-state index >= 15 is 0 Å². The third kappa shape index (κ3) is 5.20. The van der Waals surface area contributed by atoms with Crippen LogP contribution in [0.2, 0.25) is 15.1 Å². The zero-order valence-electron chi connectivity index (χ0n) is 10.4. The summed E-state index contributed by atoms with van der Waals surface area (Å²) < 4.78 is 5.68. The van der Waals surface area contributed by atoms with E-state index in [9.17, 15) is 0 Å². The molecular formula is C13H17Cl4NO. The molecule has 0 atom stereocenters. The van der Waals surface area contributed by atoms with Gasteiger partial charge in [-0.25, -0.2) is 0 Å². The fraction of sp³-hybridized carbons (Fsp3) is 0.538. The van der Waals surface area contributed by atoms with E-state index in [-0.39, 0.29) is 12.4 Å². The molecule has 6 heteroatoms. The summed E-state index contributed by atoms with van der Waals surface area (Å²) in [5.41, 5.74) is 0. The van der Waals surface area contributed by atoms with Crippen LogP contribution in [0.3, 0.4) is 0 Å². The summed E-state index contributed by atoms with van der Waals surface area (Å²) in [7, 11) is 0. The third-order valence-electron chi connectivity index (χ3n) is 3.22. The first-order valence-electron chi connectivity index (χ1n) is 6.15. The Morgan fingerprint density at radius 2 is 1.68 bits per heavy atom. The zero-order chi connectivity index (χ0) is 13.0. The molecule has 19 heavy (non-hydrogen) atoms. The van der Waals surface area contributed by atoms with Crippen molar-refractivity contribution in [3.63, 3.8) is 0 Å². The fourth-order valence-electron chi connectivity index (χ4n) is 2.12. The van der Waals surface area contributed by atoms with Crippen molar-refractivity contribution >= 4 is 47.2 Å². The average Bonchev–Trinajstić information content (AvgIpc) is 2.37. The minimum absolute atomic E-state index is 0. The number of hydrogen-bond acceptors (Lipinski definition) is 2. The van der Waals surface area contributed by atoms with Crippen LogP contribution in [0, 0.1) is 5.92 Å². The molecule has 2 rings (SSSR count). The standard InChI is InChI=1S/C13H16Cl3NO.ClH/c14-10-7-12(16)13(8-11(10)15)18-6-3-9-1-4-17-5-2-9;/h7-9,17H,1-6H2;1H. The highest BCUT2D eigenvalue weighted by atomic mass is 35.5. The monoisotopic (exact) mass is 343 g/mol. The maximum atomic E-state index is 6.04. The Kier molecular flexibility index (Phi) is 7.63. The van der Waals surface area contributed by atoms with Crippen LogP contribution >= 0.6 is 47.2 Å². The van der Waals surface area contributed by atoms with Crippen molar-refractivity contribution in [2.45, 2.75) is 19.3 Å². The summed E-state index contributed by atoms with van der Waals surface area (Å²) in [6, 6.07) is 3.29. The lowest BCUT2D eigenvalue weighted by Crippen LogP contribution is -2.28. The Morgan fingerprint density at radius 3 is 2.37 bits per heavy atom. The van der Waals surface area contributed by atoms with Crippen LogP contribution in [-0.4, -0.2) is 19.7 Å². The highest BCUT2D eigenvalue weighted by Gasteiger charge is 2.13. The molecule has 0 saturated carbocycles. The average molecular weight is 345 g/mol. The predicted molar refractivity (Wildman–Crippen MR) is 84.4 cm³/mol. The SMILES string of the molecule is Cl.Clc1cc(Cl)c(OCCC2CCNCC2)cc1Cl. The van der Waals surface area contributed by atoms with E-state index in [1.54, 1.807) is 12.1 Å². The molecular weight excluding hydrogens is 328 g/mol. The lowest BCUT2D eigenvalue weighted by atomic mass is 9.95. The lowest BCUT2D eigenvalue weighted by molar-refractivity contribution is 0.252. The number of nitrogens with one attached hydrogen (secondary N) is 1. The summed E-state index contributed by atoms with van der Waals surface area (Å²) in [6.07, 6.45) is 3.50. The van der Waals surface area contributed by atoms with E-state index in [1.165, 1.54) is 12.8 Å². The molecule has 1 aromatic carbocycles. The molecule has 0 bridgehead atoms. The summed E-state index contributed by atoms with van der Waals surface area (Å²) >= 11 is 17.8. The first-order chi connectivity index (χ1) is 8.66. The van der Waals surface area contributed by atoms with Gasteiger partial charge in [-0.1, -0.05) is 34.8 Å². The molecule has 1 heterocycles. The van der Waals surface area contributed by atoms with Gasteiger partial charge in [0.15, 0.2) is 0 Å². The highest BCUT2D eigenvalue weighted by molar-refractivity contribution is 6.43. The second-order valence-electron chi connectivity index (χ2n) is 4.53. The molecule has 1 aliphatic heterocycles. The van der Waals surface area contributed by atoms with Crippen molar-refractivity contribution in [3.8, 4) is 5.75 Å². The molecule has 0 radical (unpaired) electrons. The molecule has 2 nitrogen and oxygen atoms in total. The van der Waals surface area contributed by atoms with E-state index < -0.39 is 0 Å². The van der Waals surface area contributed by atoms with Crippen molar-refractivity contribution in [2.24, 2.45) is 5.92 Å². The van der Waals surface area contributed by atoms with Gasteiger partial charge in [0, 0.05) is 6.07 Å². The highest BCUT2D eigenvalue weighted by Crippen LogP contribution is 2.34. The van der Waals surface area contributed by atoms with Crippen LogP contribution in [0.1, 0.15) is 19.3 Å². The van der Waals surface area contributed by atoms with Crippen molar-refractivity contribution in [1.29, 1.82) is 0 Å². The van der Waals surface area contributed by atoms with Crippen LogP contribution in [0.15, 0.2) is 12.1 Å². The first-order valence-corrected chi connectivity index (χ1v) is 7.28. The number of ether oxygens (including phenoxy) is 1. The van der Waals surface area contributed by atoms with Crippen LogP contribution in [-0.2, 0) is 0 Å². The van der Waals surface area contributed by atoms with Gasteiger partial charge in [0.2, 0.25) is 0 Å². The Balaban J connectivity index is 0.00000180. The van der Waals surface area contributed by atoms with Crippen molar-refractivity contribution < 1.29 is 4.74 Å². The molecule has 1 saturated heterocycles. The molecule has 1 N–H and O–H groups in total. The Labute approximate surface area is 135 Å². The third-order valence-corrected chi connectivity index (χ3v) is 4.23. The molecule has 1 fully saturated rings. The molecule has 0 spiro atoms. The van der Waals surface area contributed by atoms with E-state index in [0.29, 0.717) is 27.4 Å². The summed E-state index contributed by atoms with van der Waals surface area (Å²) in [6.45, 7) is 2.89. The maximum Gasteiger partial charge on any atom is 0.139 e. The largest absolute Gasteiger partial charge is 0.492 e. The number of hydrogen-bond donors (Lipinski definition) is 1. The Bertz CT molecular complexity index is 408. The van der Waals surface area contributed by atoms with Crippen LogP contribution in [0.4, 0.5) is 0 Å². The van der Waals surface area contributed by atoms with Crippen LogP contribution in [0.25, 0.3) is 0 Å². The number of piperidine rings is 1. The molecule has 0 aliphatic carbocycles.